The van der Waals surface area contributed by atoms with Crippen molar-refractivity contribution in [2.45, 2.75) is 13.1 Å². The molecule has 0 aliphatic carbocycles. The molecule has 34 heavy (non-hydrogen) atoms. The Morgan fingerprint density at radius 1 is 0.971 bits per heavy atom. The predicted octanol–water partition coefficient (Wildman–Crippen LogP) is 5.93. The van der Waals surface area contributed by atoms with Crippen molar-refractivity contribution >= 4 is 39.7 Å². The molecule has 1 heterocycles. The number of aromatic nitrogens is 2. The van der Waals surface area contributed by atoms with Gasteiger partial charge in [-0.1, -0.05) is 18.2 Å². The van der Waals surface area contributed by atoms with Crippen LogP contribution in [0.15, 0.2) is 66.7 Å². The highest BCUT2D eigenvalue weighted by molar-refractivity contribution is 5.94. The van der Waals surface area contributed by atoms with Crippen LogP contribution in [0.4, 0.5) is 36.1 Å². The van der Waals surface area contributed by atoms with E-state index in [9.17, 15) is 28.1 Å². The molecule has 3 aromatic carbocycles. The third kappa shape index (κ3) is 4.93. The minimum Gasteiger partial charge on any atom is -0.340 e. The van der Waals surface area contributed by atoms with Gasteiger partial charge in [0.15, 0.2) is 5.82 Å². The van der Waals surface area contributed by atoms with Crippen LogP contribution in [-0.4, -0.2) is 20.8 Å². The fourth-order valence-corrected chi connectivity index (χ4v) is 3.30. The van der Waals surface area contributed by atoms with Crippen molar-refractivity contribution in [2.75, 3.05) is 10.6 Å². The number of hydrogen-bond donors (Lipinski definition) is 2. The zero-order valence-corrected chi connectivity index (χ0v) is 17.6. The predicted molar refractivity (Wildman–Crippen MR) is 121 cm³/mol. The van der Waals surface area contributed by atoms with Crippen LogP contribution in [0.1, 0.15) is 12.5 Å². The lowest BCUT2D eigenvalue weighted by Gasteiger charge is -2.13. The Labute approximate surface area is 190 Å². The fourth-order valence-electron chi connectivity index (χ4n) is 3.30. The number of fused-ring (bicyclic) bond motifs is 1. The average molecular weight is 467 g/mol. The number of nitro groups is 1. The standard InChI is InChI=1S/C23H16F3N5O3/c1-13(32)27-16-6-3-7-17(11-16)28-22-19-12-18(31(33)34)8-9-20(19)29-21(30-22)14-4-2-5-15(10-14)23(24,25)26/h2-12H,1H3,(H,27,32)(H,28,29,30). The van der Waals surface area contributed by atoms with Gasteiger partial charge in [0.2, 0.25) is 5.91 Å². The number of carbonyl (C=O) groups is 1. The van der Waals surface area contributed by atoms with Crippen LogP contribution < -0.4 is 10.6 Å². The van der Waals surface area contributed by atoms with Crippen LogP contribution in [0.25, 0.3) is 22.3 Å². The lowest BCUT2D eigenvalue weighted by Crippen LogP contribution is -2.06. The number of carbonyl (C=O) groups excluding carboxylic acids is 1. The molecule has 0 saturated carbocycles. The van der Waals surface area contributed by atoms with E-state index in [1.165, 1.54) is 37.3 Å². The molecule has 1 amide bonds. The summed E-state index contributed by atoms with van der Waals surface area (Å²) in [5, 5.41) is 17.3. The van der Waals surface area contributed by atoms with E-state index >= 15 is 0 Å². The van der Waals surface area contributed by atoms with Crippen molar-refractivity contribution in [3.8, 4) is 11.4 Å². The summed E-state index contributed by atoms with van der Waals surface area (Å²) in [5.74, 6) is -0.110. The van der Waals surface area contributed by atoms with E-state index in [1.54, 1.807) is 24.3 Å². The highest BCUT2D eigenvalue weighted by Gasteiger charge is 2.30. The Balaban J connectivity index is 1.86. The maximum atomic E-state index is 13.2. The summed E-state index contributed by atoms with van der Waals surface area (Å²) < 4.78 is 39.6. The number of halogens is 3. The second kappa shape index (κ2) is 8.77. The lowest BCUT2D eigenvalue weighted by molar-refractivity contribution is -0.384. The summed E-state index contributed by atoms with van der Waals surface area (Å²) >= 11 is 0. The van der Waals surface area contributed by atoms with Gasteiger partial charge in [-0.25, -0.2) is 9.97 Å². The van der Waals surface area contributed by atoms with Gasteiger partial charge in [-0.15, -0.1) is 0 Å². The van der Waals surface area contributed by atoms with E-state index in [-0.39, 0.29) is 28.8 Å². The number of alkyl halides is 3. The minimum atomic E-state index is -4.54. The SMILES string of the molecule is CC(=O)Nc1cccc(Nc2nc(-c3cccc(C(F)(F)F)c3)nc3ccc([N+](=O)[O-])cc23)c1. The number of anilines is 3. The molecule has 0 spiro atoms. The summed E-state index contributed by atoms with van der Waals surface area (Å²) in [4.78, 5) is 30.8. The number of amides is 1. The molecule has 1 aromatic heterocycles. The molecule has 172 valence electrons. The molecule has 4 aromatic rings. The van der Waals surface area contributed by atoms with Gasteiger partial charge < -0.3 is 10.6 Å². The number of rotatable bonds is 5. The van der Waals surface area contributed by atoms with Crippen molar-refractivity contribution in [3.05, 3.63) is 82.4 Å². The van der Waals surface area contributed by atoms with Gasteiger partial charge in [0.1, 0.15) is 5.82 Å². The Morgan fingerprint density at radius 2 is 1.71 bits per heavy atom. The summed E-state index contributed by atoms with van der Waals surface area (Å²) in [6.07, 6.45) is -4.54. The largest absolute Gasteiger partial charge is 0.416 e. The molecule has 0 aliphatic heterocycles. The van der Waals surface area contributed by atoms with E-state index in [1.807, 2.05) is 0 Å². The molecule has 8 nitrogen and oxygen atoms in total. The molecule has 0 saturated heterocycles. The molecule has 0 fully saturated rings. The monoisotopic (exact) mass is 467 g/mol. The van der Waals surface area contributed by atoms with Gasteiger partial charge in [-0.2, -0.15) is 13.2 Å². The number of hydrogen-bond acceptors (Lipinski definition) is 6. The second-order valence-electron chi connectivity index (χ2n) is 7.32. The Morgan fingerprint density at radius 3 is 2.41 bits per heavy atom. The van der Waals surface area contributed by atoms with E-state index < -0.39 is 16.7 Å². The van der Waals surface area contributed by atoms with Gasteiger partial charge in [0.05, 0.1) is 16.0 Å². The van der Waals surface area contributed by atoms with Crippen molar-refractivity contribution in [1.82, 2.24) is 9.97 Å². The Hall–Kier alpha value is -4.54. The molecule has 0 unspecified atom stereocenters. The van der Waals surface area contributed by atoms with Gasteiger partial charge in [0.25, 0.3) is 5.69 Å². The molecule has 2 N–H and O–H groups in total. The van der Waals surface area contributed by atoms with E-state index in [4.69, 9.17) is 0 Å². The smallest absolute Gasteiger partial charge is 0.340 e. The summed E-state index contributed by atoms with van der Waals surface area (Å²) in [6.45, 7) is 1.36. The number of nitrogens with one attached hydrogen (secondary N) is 2. The van der Waals surface area contributed by atoms with Gasteiger partial charge >= 0.3 is 6.18 Å². The van der Waals surface area contributed by atoms with Crippen LogP contribution in [0.5, 0.6) is 0 Å². The number of benzene rings is 3. The van der Waals surface area contributed by atoms with Crippen LogP contribution in [0, 0.1) is 10.1 Å². The first-order chi connectivity index (χ1) is 16.1. The third-order valence-electron chi connectivity index (χ3n) is 4.78. The molecule has 11 heteroatoms. The summed E-state index contributed by atoms with van der Waals surface area (Å²) in [5.41, 5.74) is 0.374. The second-order valence-corrected chi connectivity index (χ2v) is 7.32. The van der Waals surface area contributed by atoms with Gasteiger partial charge in [0, 0.05) is 41.4 Å². The molecular formula is C23H16F3N5O3. The maximum Gasteiger partial charge on any atom is 0.416 e. The molecule has 0 aliphatic rings. The number of non-ortho nitro benzene ring substituents is 1. The molecule has 0 radical (unpaired) electrons. The topological polar surface area (TPSA) is 110 Å². The van der Waals surface area contributed by atoms with Crippen LogP contribution >= 0.6 is 0 Å². The van der Waals surface area contributed by atoms with Crippen molar-refractivity contribution in [1.29, 1.82) is 0 Å². The van der Waals surface area contributed by atoms with E-state index in [0.29, 0.717) is 22.3 Å². The van der Waals surface area contributed by atoms with Crippen LogP contribution in [0.2, 0.25) is 0 Å². The summed E-state index contributed by atoms with van der Waals surface area (Å²) in [7, 11) is 0. The van der Waals surface area contributed by atoms with Crippen LogP contribution in [-0.2, 0) is 11.0 Å². The highest BCUT2D eigenvalue weighted by Crippen LogP contribution is 2.34. The van der Waals surface area contributed by atoms with Crippen LogP contribution in [0.3, 0.4) is 0 Å². The number of nitrogens with zero attached hydrogens (tertiary/aromatic N) is 3. The molecule has 0 bridgehead atoms. The molecule has 0 atom stereocenters. The Bertz CT molecular complexity index is 1420. The minimum absolute atomic E-state index is 0.00738. The average Bonchev–Trinajstić information content (AvgIpc) is 2.78. The first-order valence-corrected chi connectivity index (χ1v) is 9.89. The maximum absolute atomic E-state index is 13.2. The fraction of sp³-hybridized carbons (Fsp3) is 0.0870. The number of nitro benzene ring substituents is 1. The first kappa shape index (κ1) is 22.6. The van der Waals surface area contributed by atoms with Crippen molar-refractivity contribution in [3.63, 3.8) is 0 Å². The normalized spacial score (nSPS) is 11.3. The third-order valence-corrected chi connectivity index (χ3v) is 4.78. The van der Waals surface area contributed by atoms with E-state index in [0.717, 1.165) is 12.1 Å². The quantitative estimate of drug-likeness (QED) is 0.278. The molecule has 4 rings (SSSR count). The zero-order chi connectivity index (χ0) is 24.5. The van der Waals surface area contributed by atoms with Crippen molar-refractivity contribution in [2.24, 2.45) is 0 Å². The Kier molecular flexibility index (Phi) is 5.84. The summed E-state index contributed by atoms with van der Waals surface area (Å²) in [6, 6.07) is 15.2. The zero-order valence-electron chi connectivity index (χ0n) is 17.6. The lowest BCUT2D eigenvalue weighted by atomic mass is 10.1. The highest BCUT2D eigenvalue weighted by atomic mass is 19.4. The molecular weight excluding hydrogens is 451 g/mol. The van der Waals surface area contributed by atoms with Crippen molar-refractivity contribution < 1.29 is 22.9 Å². The van der Waals surface area contributed by atoms with Gasteiger partial charge in [-0.3, -0.25) is 14.9 Å². The first-order valence-electron chi connectivity index (χ1n) is 9.89. The van der Waals surface area contributed by atoms with E-state index in [2.05, 4.69) is 20.6 Å². The van der Waals surface area contributed by atoms with Gasteiger partial charge in [-0.05, 0) is 36.4 Å².